The molecule has 1 unspecified atom stereocenters. The van der Waals surface area contributed by atoms with Gasteiger partial charge in [-0.15, -0.1) is 0 Å². The van der Waals surface area contributed by atoms with E-state index in [0.717, 1.165) is 10.2 Å². The molecule has 0 N–H and O–H groups in total. The first kappa shape index (κ1) is 17.1. The lowest BCUT2D eigenvalue weighted by Gasteiger charge is -2.50. The smallest absolute Gasteiger partial charge is 0.0666 e. The largest absolute Gasteiger partial charge is 0.304 e. The van der Waals surface area contributed by atoms with Crippen LogP contribution in [0.1, 0.15) is 32.6 Å². The van der Waals surface area contributed by atoms with Gasteiger partial charge in [0.25, 0.3) is 0 Å². The molecule has 0 rings (SSSR count). The third-order valence-corrected chi connectivity index (χ3v) is 6.60. The van der Waals surface area contributed by atoms with E-state index in [1.807, 2.05) is 0 Å². The van der Waals surface area contributed by atoms with Crippen LogP contribution in [-0.2, 0) is 0 Å². The van der Waals surface area contributed by atoms with E-state index >= 15 is 0 Å². The van der Waals surface area contributed by atoms with Gasteiger partial charge in [0.2, 0.25) is 0 Å². The van der Waals surface area contributed by atoms with Crippen LogP contribution in [0.5, 0.6) is 0 Å². The topological polar surface area (TPSA) is 9.72 Å². The molecule has 0 aliphatic rings. The van der Waals surface area contributed by atoms with Crippen LogP contribution in [0.25, 0.3) is 0 Å². The molecular weight excluding hydrogens is 226 g/mol. The quantitative estimate of drug-likeness (QED) is 0.360. The van der Waals surface area contributed by atoms with Crippen LogP contribution >= 0.6 is 0 Å². The van der Waals surface area contributed by atoms with Crippen molar-refractivity contribution >= 4 is 10.2 Å². The lowest BCUT2D eigenvalue weighted by atomic mass is 10.0. The summed E-state index contributed by atoms with van der Waals surface area (Å²) >= 11 is 0. The Morgan fingerprint density at radius 2 is 1.41 bits per heavy atom. The van der Waals surface area contributed by atoms with Gasteiger partial charge in [-0.2, -0.15) is 0 Å². The summed E-state index contributed by atoms with van der Waals surface area (Å²) < 4.78 is 0. The average Bonchev–Trinajstić information content (AvgIpc) is 2.22. The van der Waals surface area contributed by atoms with Crippen LogP contribution in [0.15, 0.2) is 0 Å². The highest BCUT2D eigenvalue weighted by Crippen LogP contribution is 2.24. The van der Waals surface area contributed by atoms with E-state index in [9.17, 15) is 0 Å². The number of unbranched alkanes of at least 4 members (excludes halogenated alkanes) is 2. The monoisotopic (exact) mass is 259 g/mol. The van der Waals surface area contributed by atoms with E-state index in [2.05, 4.69) is 63.9 Å². The van der Waals surface area contributed by atoms with Gasteiger partial charge in [0.1, 0.15) is 0 Å². The fraction of sp³-hybridized carbons (Fsp3) is 1.00. The van der Waals surface area contributed by atoms with Gasteiger partial charge in [0.15, 0.2) is 0 Å². The Bertz CT molecular complexity index is 197. The van der Waals surface area contributed by atoms with Gasteiger partial charge < -0.3 is 4.90 Å². The molecule has 0 fully saturated rings. The van der Waals surface area contributed by atoms with Crippen LogP contribution in [0.2, 0.25) is 0 Å². The Hall–Kier alpha value is 0.0969. The predicted octanol–water partition coefficient (Wildman–Crippen LogP) is 0.639. The summed E-state index contributed by atoms with van der Waals surface area (Å²) in [5.74, 6) is 0. The summed E-state index contributed by atoms with van der Waals surface area (Å²) in [7, 11) is 14.4. The molecule has 4 heteroatoms. The summed E-state index contributed by atoms with van der Waals surface area (Å²) in [5.41, 5.74) is 0. The van der Waals surface area contributed by atoms with Crippen LogP contribution in [0, 0.1) is 0 Å². The Morgan fingerprint density at radius 1 is 0.941 bits per heavy atom. The van der Waals surface area contributed by atoms with E-state index in [1.54, 1.807) is 0 Å². The number of likely N-dealkylation sites (N-methyl/N-ethyl adjacent to an activating group) is 3. The van der Waals surface area contributed by atoms with Crippen molar-refractivity contribution < 1.29 is 0 Å². The predicted molar refractivity (Wildman–Crippen MR) is 81.7 cm³/mol. The maximum absolute atomic E-state index is 2.41. The highest BCUT2D eigenvalue weighted by atomic mass is 28.1. The number of hydrogen-bond acceptors (Lipinski definition) is 3. The molecule has 17 heavy (non-hydrogen) atoms. The SMILES string of the molecule is CCCCCC(N(C)C)C([SiH3])(N(C)C)N(C)C. The molecule has 0 radical (unpaired) electrons. The lowest BCUT2D eigenvalue weighted by Crippen LogP contribution is -2.66. The zero-order valence-electron chi connectivity index (χ0n) is 13.2. The van der Waals surface area contributed by atoms with Crippen molar-refractivity contribution in [3.05, 3.63) is 0 Å². The molecule has 1 atom stereocenters. The summed E-state index contributed by atoms with van der Waals surface area (Å²) in [6.07, 6.45) is 5.28. The molecule has 0 amide bonds. The molecule has 0 saturated heterocycles. The maximum Gasteiger partial charge on any atom is 0.0666 e. The molecule has 0 aliphatic carbocycles. The van der Waals surface area contributed by atoms with E-state index < -0.39 is 0 Å². The zero-order chi connectivity index (χ0) is 13.6. The third-order valence-electron chi connectivity index (χ3n) is 4.15. The van der Waals surface area contributed by atoms with Crippen LogP contribution in [-0.4, -0.2) is 78.6 Å². The molecule has 104 valence electrons. The van der Waals surface area contributed by atoms with E-state index in [0.29, 0.717) is 6.04 Å². The van der Waals surface area contributed by atoms with Crippen molar-refractivity contribution in [3.63, 3.8) is 0 Å². The number of hydrogen-bond donors (Lipinski definition) is 0. The average molecular weight is 260 g/mol. The second-order valence-corrected chi connectivity index (χ2v) is 7.33. The first-order valence-corrected chi connectivity index (χ1v) is 7.79. The molecule has 0 aromatic heterocycles. The van der Waals surface area contributed by atoms with Crippen molar-refractivity contribution in [1.29, 1.82) is 0 Å². The number of nitrogens with zero attached hydrogens (tertiary/aromatic N) is 3. The second-order valence-electron chi connectivity index (χ2n) is 5.86. The second kappa shape index (κ2) is 7.51. The molecule has 0 bridgehead atoms. The molecule has 0 spiro atoms. The van der Waals surface area contributed by atoms with Gasteiger partial charge in [0, 0.05) is 16.3 Å². The summed E-state index contributed by atoms with van der Waals surface area (Å²) in [6, 6.07) is 0.616. The minimum absolute atomic E-state index is 0.219. The minimum Gasteiger partial charge on any atom is -0.304 e. The van der Waals surface area contributed by atoms with Crippen molar-refractivity contribution in [3.8, 4) is 0 Å². The minimum atomic E-state index is 0.219. The van der Waals surface area contributed by atoms with Crippen molar-refractivity contribution in [2.75, 3.05) is 42.3 Å². The Morgan fingerprint density at radius 3 is 1.71 bits per heavy atom. The van der Waals surface area contributed by atoms with E-state index in [4.69, 9.17) is 0 Å². The highest BCUT2D eigenvalue weighted by Gasteiger charge is 2.38. The Balaban J connectivity index is 4.85. The molecular formula is C13H33N3Si. The highest BCUT2D eigenvalue weighted by molar-refractivity contribution is 6.15. The van der Waals surface area contributed by atoms with Crippen molar-refractivity contribution in [2.24, 2.45) is 0 Å². The molecule has 0 aromatic carbocycles. The summed E-state index contributed by atoms with van der Waals surface area (Å²) in [6.45, 7) is 2.27. The number of rotatable bonds is 8. The molecule has 3 nitrogen and oxygen atoms in total. The summed E-state index contributed by atoms with van der Waals surface area (Å²) in [5, 5.41) is 0.219. The first-order valence-electron chi connectivity index (χ1n) is 6.79. The van der Waals surface area contributed by atoms with Crippen LogP contribution < -0.4 is 0 Å². The van der Waals surface area contributed by atoms with E-state index in [-0.39, 0.29) is 5.29 Å². The van der Waals surface area contributed by atoms with Gasteiger partial charge in [-0.3, -0.25) is 9.80 Å². The fourth-order valence-corrected chi connectivity index (χ4v) is 3.41. The zero-order valence-corrected chi connectivity index (χ0v) is 15.2. The van der Waals surface area contributed by atoms with Gasteiger partial charge >= 0.3 is 0 Å². The lowest BCUT2D eigenvalue weighted by molar-refractivity contribution is 0.00350. The molecule has 0 heterocycles. The fourth-order valence-electron chi connectivity index (χ4n) is 2.60. The standard InChI is InChI=1S/C13H33N3Si/c1-8-9-10-11-12(14(2)3)13(17,15(4)5)16(6)7/h12H,8-11H2,1-7,17H3. The van der Waals surface area contributed by atoms with Crippen LogP contribution in [0.4, 0.5) is 0 Å². The van der Waals surface area contributed by atoms with Crippen molar-refractivity contribution in [1.82, 2.24) is 14.7 Å². The first-order chi connectivity index (χ1) is 7.78. The Labute approximate surface area is 112 Å². The van der Waals surface area contributed by atoms with Gasteiger partial charge in [-0.1, -0.05) is 26.2 Å². The van der Waals surface area contributed by atoms with Crippen molar-refractivity contribution in [2.45, 2.75) is 43.9 Å². The van der Waals surface area contributed by atoms with Gasteiger partial charge in [-0.25, -0.2) is 0 Å². The Kier molecular flexibility index (Phi) is 7.56. The third kappa shape index (κ3) is 4.36. The maximum atomic E-state index is 2.41. The van der Waals surface area contributed by atoms with Gasteiger partial charge in [-0.05, 0) is 48.7 Å². The molecule has 0 aromatic rings. The van der Waals surface area contributed by atoms with E-state index in [1.165, 1.54) is 25.7 Å². The summed E-state index contributed by atoms with van der Waals surface area (Å²) in [4.78, 5) is 7.20. The van der Waals surface area contributed by atoms with Gasteiger partial charge in [0.05, 0.1) is 5.29 Å². The molecule has 0 saturated carbocycles. The normalized spacial score (nSPS) is 15.2. The van der Waals surface area contributed by atoms with Crippen LogP contribution in [0.3, 0.4) is 0 Å². The molecule has 0 aliphatic heterocycles.